The molecule has 0 rings (SSSR count). The summed E-state index contributed by atoms with van der Waals surface area (Å²) in [4.78, 5) is 9.14. The Morgan fingerprint density at radius 1 is 1.71 bits per heavy atom. The van der Waals surface area contributed by atoms with Crippen molar-refractivity contribution in [3.05, 3.63) is 12.7 Å². The monoisotopic (exact) mass is 143 g/mol. The van der Waals surface area contributed by atoms with Gasteiger partial charge in [0.15, 0.2) is 0 Å². The zero-order valence-corrected chi connectivity index (χ0v) is 4.47. The smallest absolute Gasteiger partial charge is 2.00 e. The molecule has 0 N–H and O–H groups in total. The van der Waals surface area contributed by atoms with Crippen LogP contribution in [0.5, 0.6) is 0 Å². The van der Waals surface area contributed by atoms with Gasteiger partial charge in [-0.1, -0.05) is 6.58 Å². The molecular formula is C3H3FeO3. The van der Waals surface area contributed by atoms with E-state index in [1.165, 1.54) is 0 Å². The molecule has 0 unspecified atom stereocenters. The van der Waals surface area contributed by atoms with Crippen molar-refractivity contribution in [1.29, 1.82) is 0 Å². The van der Waals surface area contributed by atoms with Gasteiger partial charge in [-0.15, -0.1) is 0 Å². The summed E-state index contributed by atoms with van der Waals surface area (Å²) < 4.78 is 0. The van der Waals surface area contributed by atoms with Crippen molar-refractivity contribution in [1.82, 2.24) is 0 Å². The summed E-state index contributed by atoms with van der Waals surface area (Å²) in [6.07, 6.45) is 0.722. The number of carbonyl (C=O) groups is 1. The Balaban J connectivity index is -0.0000000800. The van der Waals surface area contributed by atoms with Crippen LogP contribution in [-0.4, -0.2) is 5.97 Å². The Bertz CT molecular complexity index is 61.2. The summed E-state index contributed by atoms with van der Waals surface area (Å²) in [5.74, 6) is -1.23. The fraction of sp³-hybridized carbons (Fsp3) is 0. The van der Waals surface area contributed by atoms with E-state index in [2.05, 4.69) is 6.58 Å². The average molecular weight is 143 g/mol. The molecular weight excluding hydrogens is 140 g/mol. The van der Waals surface area contributed by atoms with Crippen molar-refractivity contribution in [3.8, 4) is 0 Å². The maximum atomic E-state index is 9.14. The van der Waals surface area contributed by atoms with Crippen LogP contribution in [0.1, 0.15) is 0 Å². The molecule has 3 nitrogen and oxygen atoms in total. The van der Waals surface area contributed by atoms with E-state index in [0.29, 0.717) is 0 Å². The van der Waals surface area contributed by atoms with Gasteiger partial charge >= 0.3 is 17.1 Å². The molecule has 7 heavy (non-hydrogen) atoms. The van der Waals surface area contributed by atoms with Gasteiger partial charge in [-0.2, -0.15) is 0 Å². The molecule has 0 amide bonds. The summed E-state index contributed by atoms with van der Waals surface area (Å²) in [7, 11) is 0. The molecule has 0 spiro atoms. The quantitative estimate of drug-likeness (QED) is 0.341. The van der Waals surface area contributed by atoms with Crippen LogP contribution in [0.2, 0.25) is 0 Å². The molecule has 0 aliphatic rings. The Morgan fingerprint density at radius 3 is 1.86 bits per heavy atom. The maximum Gasteiger partial charge on any atom is 3.00 e. The van der Waals surface area contributed by atoms with E-state index < -0.39 is 5.97 Å². The number of carboxylic acids is 1. The number of aliphatic carboxylic acids is 1. The molecule has 0 fully saturated rings. The van der Waals surface area contributed by atoms with Crippen molar-refractivity contribution >= 4 is 5.97 Å². The van der Waals surface area contributed by atoms with Crippen molar-refractivity contribution in [2.45, 2.75) is 0 Å². The van der Waals surface area contributed by atoms with Gasteiger partial charge in [-0.3, -0.25) is 0 Å². The molecule has 0 heterocycles. The molecule has 4 heteroatoms. The van der Waals surface area contributed by atoms with E-state index in [4.69, 9.17) is 9.90 Å². The summed E-state index contributed by atoms with van der Waals surface area (Å²) >= 11 is 0. The van der Waals surface area contributed by atoms with E-state index in [9.17, 15) is 0 Å². The maximum absolute atomic E-state index is 9.14. The van der Waals surface area contributed by atoms with Gasteiger partial charge in [0.25, 0.3) is 0 Å². The normalized spacial score (nSPS) is 4.57. The summed E-state index contributed by atoms with van der Waals surface area (Å²) in [6.45, 7) is 2.90. The second-order valence-corrected chi connectivity index (χ2v) is 0.523. The Kier molecular flexibility index (Phi) is 20.9. The second-order valence-electron chi connectivity index (χ2n) is 0.523. The van der Waals surface area contributed by atoms with Crippen LogP contribution in [0.4, 0.5) is 0 Å². The first kappa shape index (κ1) is 15.9. The number of carboxylic acid groups (broad SMARTS) is 1. The number of hydrogen-bond donors (Lipinski definition) is 0. The first-order valence-electron chi connectivity index (χ1n) is 1.11. The van der Waals surface area contributed by atoms with Crippen molar-refractivity contribution in [3.63, 3.8) is 0 Å². The summed E-state index contributed by atoms with van der Waals surface area (Å²) in [5.41, 5.74) is 0. The summed E-state index contributed by atoms with van der Waals surface area (Å²) in [5, 5.41) is 9.14. The Morgan fingerprint density at radius 2 is 1.86 bits per heavy atom. The zero-order valence-electron chi connectivity index (χ0n) is 3.36. The third-order valence-corrected chi connectivity index (χ3v) is 0.167. The Labute approximate surface area is 51.8 Å². The predicted molar refractivity (Wildman–Crippen MR) is 15.9 cm³/mol. The van der Waals surface area contributed by atoms with Gasteiger partial charge in [0, 0.05) is 0 Å². The summed E-state index contributed by atoms with van der Waals surface area (Å²) in [6, 6.07) is 0. The Hall–Kier alpha value is -0.311. The third-order valence-electron chi connectivity index (χ3n) is 0.167. The molecule has 0 bridgehead atoms. The third kappa shape index (κ3) is 27.1. The van der Waals surface area contributed by atoms with Crippen LogP contribution in [0.3, 0.4) is 0 Å². The number of carbonyl (C=O) groups excluding carboxylic acids is 1. The molecule has 0 aromatic carbocycles. The van der Waals surface area contributed by atoms with Crippen LogP contribution in [0.15, 0.2) is 12.7 Å². The van der Waals surface area contributed by atoms with Gasteiger partial charge in [-0.25, -0.2) is 0 Å². The molecule has 0 aromatic rings. The SMILES string of the molecule is C=CC(=O)[O-].[Fe+3].[O-2]. The van der Waals surface area contributed by atoms with E-state index in [-0.39, 0.29) is 22.5 Å². The molecule has 1 radical (unpaired) electrons. The minimum Gasteiger partial charge on any atom is -2.00 e. The van der Waals surface area contributed by atoms with Crippen molar-refractivity contribution < 1.29 is 32.4 Å². The molecule has 41 valence electrons. The topological polar surface area (TPSA) is 68.6 Å². The van der Waals surface area contributed by atoms with Gasteiger partial charge in [0.1, 0.15) is 0 Å². The molecule has 0 saturated carbocycles. The van der Waals surface area contributed by atoms with Gasteiger partial charge in [-0.05, 0) is 6.08 Å². The molecule has 0 aliphatic carbocycles. The van der Waals surface area contributed by atoms with Gasteiger partial charge < -0.3 is 15.4 Å². The van der Waals surface area contributed by atoms with E-state index >= 15 is 0 Å². The van der Waals surface area contributed by atoms with Crippen LogP contribution in [0.25, 0.3) is 0 Å². The number of hydrogen-bond acceptors (Lipinski definition) is 2. The van der Waals surface area contributed by atoms with Gasteiger partial charge in [0.05, 0.1) is 5.97 Å². The van der Waals surface area contributed by atoms with Crippen LogP contribution < -0.4 is 5.11 Å². The van der Waals surface area contributed by atoms with Crippen LogP contribution >= 0.6 is 0 Å². The fourth-order valence-corrected chi connectivity index (χ4v) is 0. The molecule has 0 aliphatic heterocycles. The van der Waals surface area contributed by atoms with Crippen molar-refractivity contribution in [2.24, 2.45) is 0 Å². The first-order valence-corrected chi connectivity index (χ1v) is 1.11. The fourth-order valence-electron chi connectivity index (χ4n) is 0. The average Bonchev–Trinajstić information content (AvgIpc) is 1.38. The van der Waals surface area contributed by atoms with E-state index in [0.717, 1.165) is 6.08 Å². The molecule has 0 aromatic heterocycles. The standard InChI is InChI=1S/C3H4O2.Fe.O/c1-2-3(4)5;;/h2H,1H2,(H,4,5);;/q;+3;-2/p-1. The van der Waals surface area contributed by atoms with Gasteiger partial charge in [0.2, 0.25) is 0 Å². The molecule has 0 saturated heterocycles. The minimum absolute atomic E-state index is 0. The van der Waals surface area contributed by atoms with Crippen LogP contribution in [0, 0.1) is 0 Å². The largest absolute Gasteiger partial charge is 3.00 e. The first-order chi connectivity index (χ1) is 2.27. The second kappa shape index (κ2) is 9.19. The van der Waals surface area contributed by atoms with Crippen LogP contribution in [-0.2, 0) is 27.3 Å². The number of rotatable bonds is 1. The zero-order chi connectivity index (χ0) is 4.28. The predicted octanol–water partition coefficient (Wildman–Crippen LogP) is -1.20. The molecule has 0 atom stereocenters. The minimum atomic E-state index is -1.23. The van der Waals surface area contributed by atoms with E-state index in [1.807, 2.05) is 0 Å². The van der Waals surface area contributed by atoms with E-state index in [1.54, 1.807) is 0 Å². The van der Waals surface area contributed by atoms with Crippen molar-refractivity contribution in [2.75, 3.05) is 0 Å².